The number of likely N-dealkylation sites (tertiary alicyclic amines) is 1. The molecule has 3 aromatic carbocycles. The summed E-state index contributed by atoms with van der Waals surface area (Å²) >= 11 is 3.62. The minimum atomic E-state index is -1.42. The van der Waals surface area contributed by atoms with Crippen molar-refractivity contribution >= 4 is 56.1 Å². The van der Waals surface area contributed by atoms with Gasteiger partial charge in [0.05, 0.1) is 12.5 Å². The first-order valence-corrected chi connectivity index (χ1v) is 18.1. The van der Waals surface area contributed by atoms with Gasteiger partial charge in [0.1, 0.15) is 29.8 Å². The van der Waals surface area contributed by atoms with Gasteiger partial charge < -0.3 is 29.7 Å². The molecule has 4 aliphatic heterocycles. The number of nitrogens with zero attached hydrogens (tertiary/aromatic N) is 2. The third-order valence-electron chi connectivity index (χ3n) is 10.2. The second-order valence-corrected chi connectivity index (χ2v) is 14.2. The number of cyclic esters (lactones) is 1. The van der Waals surface area contributed by atoms with Gasteiger partial charge in [0.25, 0.3) is 5.91 Å². The molecule has 3 aromatic rings. The highest BCUT2D eigenvalue weighted by Crippen LogP contribution is 2.59. The van der Waals surface area contributed by atoms with Crippen LogP contribution in [0.5, 0.6) is 0 Å². The second-order valence-electron chi connectivity index (χ2n) is 13.3. The van der Waals surface area contributed by atoms with Crippen molar-refractivity contribution in [2.45, 2.75) is 56.0 Å². The average molecular weight is 743 g/mol. The van der Waals surface area contributed by atoms with E-state index in [0.29, 0.717) is 41.4 Å². The molecule has 7 rings (SSSR count). The van der Waals surface area contributed by atoms with E-state index < -0.39 is 41.7 Å². The quantitative estimate of drug-likeness (QED) is 0.199. The first-order valence-electron chi connectivity index (χ1n) is 17.3. The Morgan fingerprint density at radius 2 is 1.68 bits per heavy atom. The number of halogens is 1. The van der Waals surface area contributed by atoms with Crippen LogP contribution in [0.2, 0.25) is 0 Å². The molecule has 0 radical (unpaired) electrons. The maximum absolute atomic E-state index is 15.1. The number of benzene rings is 3. The van der Waals surface area contributed by atoms with Gasteiger partial charge in [-0.25, -0.2) is 0 Å². The number of amides is 3. The van der Waals surface area contributed by atoms with Crippen LogP contribution in [-0.4, -0.2) is 77.7 Å². The highest BCUT2D eigenvalue weighted by molar-refractivity contribution is 9.11. The van der Waals surface area contributed by atoms with Crippen LogP contribution in [0.15, 0.2) is 95.5 Å². The summed E-state index contributed by atoms with van der Waals surface area (Å²) in [6, 6.07) is 21.8. The van der Waals surface area contributed by atoms with Crippen LogP contribution in [-0.2, 0) is 28.7 Å². The molecule has 2 saturated heterocycles. The molecule has 50 heavy (non-hydrogen) atoms. The van der Waals surface area contributed by atoms with Gasteiger partial charge in [-0.05, 0) is 60.2 Å². The number of ether oxygens (including phenoxy) is 2. The fourth-order valence-electron chi connectivity index (χ4n) is 7.81. The van der Waals surface area contributed by atoms with Gasteiger partial charge in [-0.15, -0.1) is 0 Å². The van der Waals surface area contributed by atoms with Crippen LogP contribution in [0.25, 0.3) is 10.8 Å². The zero-order valence-electron chi connectivity index (χ0n) is 27.6. The fourth-order valence-corrected chi connectivity index (χ4v) is 8.55. The Morgan fingerprint density at radius 3 is 2.48 bits per heavy atom. The topological polar surface area (TPSA) is 125 Å². The van der Waals surface area contributed by atoms with Crippen molar-refractivity contribution in [3.8, 4) is 0 Å². The third-order valence-corrected chi connectivity index (χ3v) is 10.9. The number of aliphatic hydroxyl groups is 1. The minimum Gasteiger partial charge on any atom is -0.455 e. The first kappa shape index (κ1) is 34.1. The van der Waals surface area contributed by atoms with Crippen molar-refractivity contribution < 1.29 is 33.8 Å². The summed E-state index contributed by atoms with van der Waals surface area (Å²) in [6.07, 6.45) is 6.39. The number of rotatable bonds is 7. The van der Waals surface area contributed by atoms with E-state index in [0.717, 1.165) is 10.8 Å². The molecule has 1 spiro atoms. The van der Waals surface area contributed by atoms with Crippen LogP contribution in [0.4, 0.5) is 5.69 Å². The molecule has 3 amide bonds. The molecule has 2 fully saturated rings. The molecule has 260 valence electrons. The predicted octanol–water partition coefficient (Wildman–Crippen LogP) is 4.96. The zero-order valence-corrected chi connectivity index (χ0v) is 29.2. The largest absolute Gasteiger partial charge is 0.455 e. The summed E-state index contributed by atoms with van der Waals surface area (Å²) in [5.41, 5.74) is -0.0600. The average Bonchev–Trinajstić information content (AvgIpc) is 3.72. The highest BCUT2D eigenvalue weighted by Gasteiger charge is 2.75. The first-order chi connectivity index (χ1) is 24.3. The molecule has 4 aliphatic rings. The minimum absolute atomic E-state index is 0.0301. The molecule has 0 aromatic heterocycles. The number of fused-ring (bicyclic) bond motifs is 3. The monoisotopic (exact) mass is 741 g/mol. The Kier molecular flexibility index (Phi) is 9.90. The van der Waals surface area contributed by atoms with Crippen molar-refractivity contribution in [3.63, 3.8) is 0 Å². The van der Waals surface area contributed by atoms with E-state index in [4.69, 9.17) is 9.47 Å². The van der Waals surface area contributed by atoms with E-state index in [9.17, 15) is 19.5 Å². The summed E-state index contributed by atoms with van der Waals surface area (Å²) in [5.74, 6) is -3.52. The van der Waals surface area contributed by atoms with Crippen LogP contribution >= 0.6 is 15.9 Å². The number of anilines is 1. The normalized spacial score (nSPS) is 29.2. The highest BCUT2D eigenvalue weighted by atomic mass is 79.9. The van der Waals surface area contributed by atoms with Crippen LogP contribution in [0.3, 0.4) is 0 Å². The van der Waals surface area contributed by atoms with E-state index in [1.165, 1.54) is 0 Å². The van der Waals surface area contributed by atoms with Gasteiger partial charge in [-0.1, -0.05) is 88.7 Å². The van der Waals surface area contributed by atoms with E-state index in [-0.39, 0.29) is 50.4 Å². The van der Waals surface area contributed by atoms with Crippen molar-refractivity contribution in [2.75, 3.05) is 31.1 Å². The maximum atomic E-state index is 15.1. The Labute approximate surface area is 299 Å². The molecule has 5 bridgehead atoms. The Balaban J connectivity index is 1.32. The van der Waals surface area contributed by atoms with Gasteiger partial charge >= 0.3 is 5.97 Å². The van der Waals surface area contributed by atoms with Crippen molar-refractivity contribution in [2.24, 2.45) is 11.8 Å². The number of esters is 1. The number of aliphatic hydroxyl groups excluding tert-OH is 1. The molecule has 10 nitrogen and oxygen atoms in total. The van der Waals surface area contributed by atoms with Gasteiger partial charge in [0.15, 0.2) is 0 Å². The smallest absolute Gasteiger partial charge is 0.313 e. The van der Waals surface area contributed by atoms with Crippen molar-refractivity contribution in [1.29, 1.82) is 0 Å². The molecule has 11 heteroatoms. The van der Waals surface area contributed by atoms with E-state index >= 15 is 4.79 Å². The summed E-state index contributed by atoms with van der Waals surface area (Å²) in [4.78, 5) is 60.1. The summed E-state index contributed by atoms with van der Waals surface area (Å²) < 4.78 is 13.4. The lowest BCUT2D eigenvalue weighted by atomic mass is 9.74. The zero-order chi connectivity index (χ0) is 34.8. The van der Waals surface area contributed by atoms with Gasteiger partial charge in [0, 0.05) is 36.3 Å². The van der Waals surface area contributed by atoms with Crippen LogP contribution < -0.4 is 10.2 Å². The second kappa shape index (κ2) is 14.5. The predicted molar refractivity (Wildman–Crippen MR) is 191 cm³/mol. The number of allylic oxidation sites excluding steroid dienone is 1. The molecule has 2 N–H and O–H groups in total. The van der Waals surface area contributed by atoms with Crippen molar-refractivity contribution in [3.05, 3.63) is 101 Å². The number of carbonyl (C=O) groups excluding carboxylic acids is 4. The number of carbonyl (C=O) groups is 4. The molecule has 6 atom stereocenters. The maximum Gasteiger partial charge on any atom is 0.313 e. The Bertz CT molecular complexity index is 1850. The lowest BCUT2D eigenvalue weighted by Crippen LogP contribution is -2.56. The number of nitrogens with one attached hydrogen (secondary N) is 1. The van der Waals surface area contributed by atoms with E-state index in [2.05, 4.69) is 21.2 Å². The van der Waals surface area contributed by atoms with Gasteiger partial charge in [-0.3, -0.25) is 19.2 Å². The Hall–Kier alpha value is -4.32. The standard InChI is InChI=1S/C39H40BrN3O7/c40-29-23-39-33-32(34(29)50-39)38(48)49-30(26-13-4-1-5-14-26)24-41-31(45)16-6-2-9-19-42(28-18-17-25-12-7-8-15-27(25)22-28)37(47)35(39)43(36(33)46)20-10-3-11-21-44/h1-2,4-5,7-9,12-15,17-18,22-23,30,32-35,44H,3,6,10-11,16,19-21,24H2,(H,41,45)/b9-2-/t30-,32-,33+,34-,35-,39+/m0/s1. The lowest BCUT2D eigenvalue weighted by Gasteiger charge is -2.36. The SMILES string of the molecule is O=C1CC/C=C\CN(c2ccc3ccccc3c2)C(=O)[C@@H]2N(CCCCCO)C(=O)[C@H]3[C@H](C(=O)O[C@H](c4ccccc4)CN1)[C@H]1O[C@@]23C=C1Br. The molecule has 0 unspecified atom stereocenters. The van der Waals surface area contributed by atoms with E-state index in [1.807, 2.05) is 84.9 Å². The van der Waals surface area contributed by atoms with E-state index in [1.54, 1.807) is 15.9 Å². The summed E-state index contributed by atoms with van der Waals surface area (Å²) in [5, 5.41) is 14.3. The lowest BCUT2D eigenvalue weighted by molar-refractivity contribution is -0.159. The van der Waals surface area contributed by atoms with Crippen LogP contribution in [0.1, 0.15) is 43.8 Å². The molecule has 0 saturated carbocycles. The molecule has 0 aliphatic carbocycles. The van der Waals surface area contributed by atoms with Gasteiger partial charge in [-0.2, -0.15) is 0 Å². The van der Waals surface area contributed by atoms with Crippen LogP contribution in [0, 0.1) is 11.8 Å². The van der Waals surface area contributed by atoms with Gasteiger partial charge in [0.2, 0.25) is 11.8 Å². The molecule has 4 heterocycles. The third kappa shape index (κ3) is 6.27. The molecular formula is C39H40BrN3O7. The number of unbranched alkanes of at least 4 members (excludes halogenated alkanes) is 2. The fraction of sp³-hybridized carbons (Fsp3) is 0.385. The number of hydrogen-bond acceptors (Lipinski definition) is 7. The Morgan fingerprint density at radius 1 is 0.900 bits per heavy atom. The number of hydrogen-bond donors (Lipinski definition) is 2. The summed E-state index contributed by atoms with van der Waals surface area (Å²) in [7, 11) is 0. The molecular weight excluding hydrogens is 702 g/mol. The van der Waals surface area contributed by atoms with Crippen molar-refractivity contribution in [1.82, 2.24) is 10.2 Å². The summed E-state index contributed by atoms with van der Waals surface area (Å²) in [6.45, 7) is 0.542.